The third kappa shape index (κ3) is 6.60. The summed E-state index contributed by atoms with van der Waals surface area (Å²) in [6, 6.07) is 14.4. The van der Waals surface area contributed by atoms with Crippen LogP contribution in [0.1, 0.15) is 56.7 Å². The smallest absolute Gasteiger partial charge is 0.223 e. The van der Waals surface area contributed by atoms with Crippen molar-refractivity contribution in [3.8, 4) is 0 Å². The van der Waals surface area contributed by atoms with E-state index in [-0.39, 0.29) is 5.91 Å². The molecule has 0 spiro atoms. The largest absolute Gasteiger partial charge is 0.356 e. The third-order valence-corrected chi connectivity index (χ3v) is 7.02. The Hall–Kier alpha value is -2.30. The fourth-order valence-electron chi connectivity index (χ4n) is 3.40. The van der Waals surface area contributed by atoms with Gasteiger partial charge in [-0.05, 0) is 56.4 Å². The van der Waals surface area contributed by atoms with Crippen molar-refractivity contribution in [1.29, 1.82) is 0 Å². The molecule has 1 N–H and O–H groups in total. The van der Waals surface area contributed by atoms with E-state index in [4.69, 9.17) is 16.6 Å². The van der Waals surface area contributed by atoms with E-state index in [1.165, 1.54) is 9.80 Å². The van der Waals surface area contributed by atoms with E-state index in [2.05, 4.69) is 62.5 Å². The van der Waals surface area contributed by atoms with Crippen molar-refractivity contribution in [1.82, 2.24) is 5.32 Å². The Morgan fingerprint density at radius 1 is 1.16 bits per heavy atom. The van der Waals surface area contributed by atoms with Crippen molar-refractivity contribution in [3.05, 3.63) is 86.9 Å². The average Bonchev–Trinajstić information content (AvgIpc) is 2.89. The summed E-state index contributed by atoms with van der Waals surface area (Å²) >= 11 is 8.00. The van der Waals surface area contributed by atoms with E-state index in [1.54, 1.807) is 11.8 Å². The number of thioether (sulfide) groups is 1. The van der Waals surface area contributed by atoms with Gasteiger partial charge in [-0.25, -0.2) is 0 Å². The number of hydrogen-bond acceptors (Lipinski definition) is 3. The molecule has 2 aromatic rings. The maximum absolute atomic E-state index is 12.0. The maximum atomic E-state index is 12.0. The molecular weight excluding hydrogens is 436 g/mol. The summed E-state index contributed by atoms with van der Waals surface area (Å²) in [5.41, 5.74) is 5.20. The first-order valence-corrected chi connectivity index (χ1v) is 12.3. The zero-order valence-corrected chi connectivity index (χ0v) is 20.8. The number of aliphatic imine (C=N–C) groups is 1. The molecule has 3 rings (SSSR count). The molecule has 3 nitrogen and oxygen atoms in total. The van der Waals surface area contributed by atoms with Crippen LogP contribution in [-0.2, 0) is 4.79 Å². The molecule has 0 bridgehead atoms. The third-order valence-electron chi connectivity index (χ3n) is 5.31. The molecule has 0 aromatic heterocycles. The number of nitrogens with one attached hydrogen (secondary N) is 1. The normalized spacial score (nSPS) is 13.9. The van der Waals surface area contributed by atoms with Crippen molar-refractivity contribution >= 4 is 35.0 Å². The molecule has 0 unspecified atom stereocenters. The molecule has 168 valence electrons. The number of hydrogen-bond donors (Lipinski definition) is 1. The molecule has 1 aliphatic heterocycles. The van der Waals surface area contributed by atoms with Gasteiger partial charge in [0, 0.05) is 44.6 Å². The van der Waals surface area contributed by atoms with E-state index in [0.717, 1.165) is 52.5 Å². The van der Waals surface area contributed by atoms with Gasteiger partial charge < -0.3 is 5.32 Å². The molecule has 0 aliphatic carbocycles. The highest BCUT2D eigenvalue weighted by Gasteiger charge is 2.18. The predicted octanol–water partition coefficient (Wildman–Crippen LogP) is 7.32. The van der Waals surface area contributed by atoms with E-state index in [1.807, 2.05) is 25.1 Å². The molecule has 1 aliphatic rings. The molecule has 1 heterocycles. The molecule has 0 saturated carbocycles. The Bertz CT molecular complexity index is 1070. The lowest BCUT2D eigenvalue weighted by Crippen LogP contribution is -2.24. The second-order valence-electron chi connectivity index (χ2n) is 8.44. The monoisotopic (exact) mass is 466 g/mol. The van der Waals surface area contributed by atoms with Crippen LogP contribution in [0.3, 0.4) is 0 Å². The van der Waals surface area contributed by atoms with Crippen molar-refractivity contribution in [3.63, 3.8) is 0 Å². The second-order valence-corrected chi connectivity index (χ2v) is 9.99. The lowest BCUT2D eigenvalue weighted by atomic mass is 10.0. The van der Waals surface area contributed by atoms with Crippen LogP contribution in [0.5, 0.6) is 0 Å². The number of carbonyl (C=O) groups excluding carboxylic acids is 1. The summed E-state index contributed by atoms with van der Waals surface area (Å²) in [5.74, 6) is 0.669. The summed E-state index contributed by atoms with van der Waals surface area (Å²) < 4.78 is 0. The zero-order valence-electron chi connectivity index (χ0n) is 19.2. The van der Waals surface area contributed by atoms with Gasteiger partial charge in [-0.15, -0.1) is 0 Å². The molecule has 1 amide bonds. The highest BCUT2D eigenvalue weighted by molar-refractivity contribution is 8.03. The highest BCUT2D eigenvalue weighted by atomic mass is 35.5. The molecule has 5 heteroatoms. The zero-order chi connectivity index (χ0) is 23.1. The Balaban J connectivity index is 1.77. The Morgan fingerprint density at radius 3 is 2.69 bits per heavy atom. The topological polar surface area (TPSA) is 41.5 Å². The van der Waals surface area contributed by atoms with Gasteiger partial charge in [0.1, 0.15) is 0 Å². The van der Waals surface area contributed by atoms with E-state index in [9.17, 15) is 4.79 Å². The molecule has 2 aromatic carbocycles. The van der Waals surface area contributed by atoms with Crippen molar-refractivity contribution < 1.29 is 4.79 Å². The molecule has 0 atom stereocenters. The number of halogens is 1. The van der Waals surface area contributed by atoms with E-state index < -0.39 is 0 Å². The summed E-state index contributed by atoms with van der Waals surface area (Å²) in [7, 11) is 0. The van der Waals surface area contributed by atoms with Gasteiger partial charge in [0.25, 0.3) is 0 Å². The van der Waals surface area contributed by atoms with Crippen molar-refractivity contribution in [2.24, 2.45) is 10.9 Å². The van der Waals surface area contributed by atoms with Gasteiger partial charge in [-0.2, -0.15) is 0 Å². The van der Waals surface area contributed by atoms with Crippen LogP contribution in [0.4, 0.5) is 0 Å². The summed E-state index contributed by atoms with van der Waals surface area (Å²) in [6.07, 6.45) is 6.19. The van der Waals surface area contributed by atoms with Gasteiger partial charge >= 0.3 is 0 Å². The van der Waals surface area contributed by atoms with Gasteiger partial charge in [-0.3, -0.25) is 9.79 Å². The quantitative estimate of drug-likeness (QED) is 0.414. The number of allylic oxidation sites excluding steroid dienone is 3. The standard InChI is InChI=1S/C27H31ClN2OS/c1-18(2)15-16-29-26(31)12-8-7-10-24-20(4)30-27(21-13-14-23(28)19(3)17-21)22-9-5-6-11-25(22)32-24/h5-9,11,13-14,17-18H,10,12,15-16H2,1-4H3,(H,29,31)/b8-7-. The van der Waals surface area contributed by atoms with Crippen LogP contribution in [0, 0.1) is 12.8 Å². The number of fused-ring (bicyclic) bond motifs is 1. The van der Waals surface area contributed by atoms with Crippen LogP contribution in [0.2, 0.25) is 5.02 Å². The van der Waals surface area contributed by atoms with Gasteiger partial charge in [0.15, 0.2) is 0 Å². The van der Waals surface area contributed by atoms with Crippen LogP contribution in [0.15, 0.2) is 75.1 Å². The lowest BCUT2D eigenvalue weighted by molar-refractivity contribution is -0.120. The van der Waals surface area contributed by atoms with E-state index in [0.29, 0.717) is 12.3 Å². The molecule has 0 fully saturated rings. The Labute approximate surface area is 201 Å². The first kappa shape index (κ1) is 24.3. The van der Waals surface area contributed by atoms with Crippen LogP contribution in [0.25, 0.3) is 0 Å². The maximum Gasteiger partial charge on any atom is 0.223 e. The van der Waals surface area contributed by atoms with Gasteiger partial charge in [-0.1, -0.05) is 73.6 Å². The molecule has 32 heavy (non-hydrogen) atoms. The minimum atomic E-state index is 0.0740. The SMILES string of the molecule is CC1=C(C/C=C\CC(=O)NCCC(C)C)Sc2ccccc2C(c2ccc(Cl)c(C)c2)=N1. The van der Waals surface area contributed by atoms with E-state index >= 15 is 0 Å². The highest BCUT2D eigenvalue weighted by Crippen LogP contribution is 2.38. The van der Waals surface area contributed by atoms with Gasteiger partial charge in [0.2, 0.25) is 5.91 Å². The number of carbonyl (C=O) groups is 1. The number of benzene rings is 2. The van der Waals surface area contributed by atoms with Gasteiger partial charge in [0.05, 0.1) is 5.71 Å². The van der Waals surface area contributed by atoms with Crippen molar-refractivity contribution in [2.75, 3.05) is 6.54 Å². The lowest BCUT2D eigenvalue weighted by Gasteiger charge is -2.11. The van der Waals surface area contributed by atoms with Crippen molar-refractivity contribution in [2.45, 2.75) is 51.9 Å². The molecule has 0 radical (unpaired) electrons. The molecular formula is C27H31ClN2OS. The summed E-state index contributed by atoms with van der Waals surface area (Å²) in [6.45, 7) is 9.13. The fourth-order valence-corrected chi connectivity index (χ4v) is 4.58. The predicted molar refractivity (Wildman–Crippen MR) is 138 cm³/mol. The van der Waals surface area contributed by atoms with Crippen LogP contribution >= 0.6 is 23.4 Å². The number of aryl methyl sites for hydroxylation is 1. The second kappa shape index (κ2) is 11.5. The molecule has 0 saturated heterocycles. The fraction of sp³-hybridized carbons (Fsp3) is 0.333. The average molecular weight is 467 g/mol. The summed E-state index contributed by atoms with van der Waals surface area (Å²) in [4.78, 5) is 19.4. The van der Waals surface area contributed by atoms with Crippen LogP contribution in [-0.4, -0.2) is 18.2 Å². The summed E-state index contributed by atoms with van der Waals surface area (Å²) in [5, 5.41) is 3.74. The number of rotatable bonds is 8. The first-order chi connectivity index (χ1) is 15.3. The number of amides is 1. The first-order valence-electron chi connectivity index (χ1n) is 11.1. The Morgan fingerprint density at radius 2 is 1.94 bits per heavy atom. The van der Waals surface area contributed by atoms with Crippen LogP contribution < -0.4 is 5.32 Å². The Kier molecular flexibility index (Phi) is 8.77. The minimum Gasteiger partial charge on any atom is -0.356 e. The number of nitrogens with zero attached hydrogens (tertiary/aromatic N) is 1. The minimum absolute atomic E-state index is 0.0740.